The maximum absolute atomic E-state index is 12.2. The summed E-state index contributed by atoms with van der Waals surface area (Å²) in [6.07, 6.45) is 0. The van der Waals surface area contributed by atoms with E-state index in [0.29, 0.717) is 9.21 Å². The van der Waals surface area contributed by atoms with E-state index in [9.17, 15) is 9.90 Å². The first kappa shape index (κ1) is 15.7. The molecule has 7 heteroatoms. The zero-order chi connectivity index (χ0) is 15.6. The minimum atomic E-state index is -1.22. The molecule has 0 unspecified atom stereocenters. The van der Waals surface area contributed by atoms with Crippen molar-refractivity contribution >= 4 is 51.5 Å². The Morgan fingerprint density at radius 1 is 1.27 bits per heavy atom. The van der Waals surface area contributed by atoms with Gasteiger partial charge in [0.05, 0.1) is 15.8 Å². The van der Waals surface area contributed by atoms with Crippen LogP contribution in [0.5, 0.6) is 0 Å². The Bertz CT molecular complexity index is 715. The Morgan fingerprint density at radius 2 is 2.14 bits per heavy atom. The summed E-state index contributed by atoms with van der Waals surface area (Å²) >= 11 is 10.0. The van der Waals surface area contributed by atoms with Crippen LogP contribution in [0.4, 0.5) is 0 Å². The van der Waals surface area contributed by atoms with E-state index in [1.54, 1.807) is 12.1 Å². The molecule has 1 atom stereocenters. The molecule has 0 radical (unpaired) electrons. The average Bonchev–Trinajstić information content (AvgIpc) is 3.24. The van der Waals surface area contributed by atoms with E-state index >= 15 is 0 Å². The second-order valence-electron chi connectivity index (χ2n) is 4.64. The van der Waals surface area contributed by atoms with Crippen molar-refractivity contribution in [2.45, 2.75) is 5.60 Å². The summed E-state index contributed by atoms with van der Waals surface area (Å²) in [7, 11) is 0. The topological polar surface area (TPSA) is 49.3 Å². The molecule has 0 bridgehead atoms. The zero-order valence-corrected chi connectivity index (χ0v) is 14.5. The van der Waals surface area contributed by atoms with Gasteiger partial charge in [0.25, 0.3) is 5.91 Å². The maximum atomic E-state index is 12.2. The Kier molecular flexibility index (Phi) is 4.65. The smallest absolute Gasteiger partial charge is 0.261 e. The van der Waals surface area contributed by atoms with Crippen LogP contribution in [0.1, 0.15) is 20.1 Å². The van der Waals surface area contributed by atoms with Gasteiger partial charge in [0.1, 0.15) is 5.60 Å². The lowest BCUT2D eigenvalue weighted by Gasteiger charge is -2.26. The van der Waals surface area contributed by atoms with Gasteiger partial charge in [-0.05, 0) is 40.4 Å². The van der Waals surface area contributed by atoms with Gasteiger partial charge in [-0.25, -0.2) is 0 Å². The highest BCUT2D eigenvalue weighted by atomic mass is 35.5. The van der Waals surface area contributed by atoms with Crippen LogP contribution in [-0.4, -0.2) is 17.6 Å². The molecule has 0 saturated carbocycles. The Morgan fingerprint density at radius 3 is 2.73 bits per heavy atom. The van der Waals surface area contributed by atoms with Gasteiger partial charge in [-0.3, -0.25) is 4.79 Å². The third kappa shape index (κ3) is 3.11. The number of carbonyl (C=O) groups excluding carboxylic acids is 1. The van der Waals surface area contributed by atoms with Crippen LogP contribution in [-0.2, 0) is 5.60 Å². The molecule has 0 aliphatic heterocycles. The molecule has 0 aromatic carbocycles. The maximum Gasteiger partial charge on any atom is 0.261 e. The van der Waals surface area contributed by atoms with Crippen LogP contribution in [0, 0.1) is 0 Å². The van der Waals surface area contributed by atoms with Crippen molar-refractivity contribution in [3.05, 3.63) is 66.1 Å². The molecule has 0 fully saturated rings. The van der Waals surface area contributed by atoms with E-state index in [4.69, 9.17) is 11.6 Å². The molecular weight excluding hydrogens is 358 g/mol. The van der Waals surface area contributed by atoms with Crippen LogP contribution >= 0.6 is 45.6 Å². The fourth-order valence-corrected chi connectivity index (χ4v) is 4.61. The van der Waals surface area contributed by atoms with Crippen molar-refractivity contribution in [2.24, 2.45) is 0 Å². The van der Waals surface area contributed by atoms with Gasteiger partial charge in [-0.2, -0.15) is 11.3 Å². The lowest BCUT2D eigenvalue weighted by atomic mass is 9.94. The first-order chi connectivity index (χ1) is 10.6. The number of hydrogen-bond donors (Lipinski definition) is 2. The SMILES string of the molecule is O=C(NC[C@](O)(c1ccsc1)c1cccs1)c1ccc(Cl)s1. The van der Waals surface area contributed by atoms with Crippen molar-refractivity contribution in [3.63, 3.8) is 0 Å². The summed E-state index contributed by atoms with van der Waals surface area (Å²) in [6, 6.07) is 9.00. The molecule has 0 aliphatic rings. The largest absolute Gasteiger partial charge is 0.378 e. The predicted molar refractivity (Wildman–Crippen MR) is 93.3 cm³/mol. The van der Waals surface area contributed by atoms with Crippen LogP contribution < -0.4 is 5.32 Å². The molecule has 1 amide bonds. The monoisotopic (exact) mass is 369 g/mol. The highest BCUT2D eigenvalue weighted by Crippen LogP contribution is 2.33. The third-order valence-corrected chi connectivity index (χ3v) is 6.16. The van der Waals surface area contributed by atoms with Crippen molar-refractivity contribution < 1.29 is 9.90 Å². The molecule has 3 nitrogen and oxygen atoms in total. The van der Waals surface area contributed by atoms with Crippen LogP contribution in [0.25, 0.3) is 0 Å². The van der Waals surface area contributed by atoms with Crippen molar-refractivity contribution in [3.8, 4) is 0 Å². The molecular formula is C15H12ClNO2S3. The number of aliphatic hydroxyl groups is 1. The zero-order valence-electron chi connectivity index (χ0n) is 11.3. The summed E-state index contributed by atoms with van der Waals surface area (Å²) in [5.41, 5.74) is -0.435. The normalized spacial score (nSPS) is 13.7. The second-order valence-corrected chi connectivity index (χ2v) is 8.08. The number of hydrogen-bond acceptors (Lipinski definition) is 5. The fraction of sp³-hybridized carbons (Fsp3) is 0.133. The predicted octanol–water partition coefficient (Wildman–Crippen LogP) is 4.19. The molecule has 0 spiro atoms. The molecule has 3 heterocycles. The van der Waals surface area contributed by atoms with E-state index < -0.39 is 5.60 Å². The first-order valence-electron chi connectivity index (χ1n) is 6.42. The standard InChI is InChI=1S/C15H12ClNO2S3/c16-13-4-3-11(22-13)14(18)17-9-15(19,10-5-7-20-8-10)12-2-1-6-21-12/h1-8,19H,9H2,(H,17,18)/t15-/m0/s1. The molecule has 0 aliphatic carbocycles. The fourth-order valence-electron chi connectivity index (χ4n) is 2.08. The minimum absolute atomic E-state index is 0.110. The number of halogens is 1. The molecule has 22 heavy (non-hydrogen) atoms. The number of nitrogens with one attached hydrogen (secondary N) is 1. The Hall–Kier alpha value is -1.18. The molecule has 3 aromatic rings. The van der Waals surface area contributed by atoms with Crippen LogP contribution in [0.3, 0.4) is 0 Å². The Balaban J connectivity index is 1.81. The van der Waals surface area contributed by atoms with Crippen LogP contribution in [0.2, 0.25) is 4.34 Å². The minimum Gasteiger partial charge on any atom is -0.378 e. The molecule has 2 N–H and O–H groups in total. The lowest BCUT2D eigenvalue weighted by molar-refractivity contribution is 0.0723. The highest BCUT2D eigenvalue weighted by molar-refractivity contribution is 7.18. The quantitative estimate of drug-likeness (QED) is 0.708. The van der Waals surface area contributed by atoms with E-state index in [-0.39, 0.29) is 12.5 Å². The van der Waals surface area contributed by atoms with Gasteiger partial charge in [-0.1, -0.05) is 17.7 Å². The van der Waals surface area contributed by atoms with Crippen LogP contribution in [0.15, 0.2) is 46.5 Å². The summed E-state index contributed by atoms with van der Waals surface area (Å²) in [6.45, 7) is 0.110. The average molecular weight is 370 g/mol. The van der Waals surface area contributed by atoms with Gasteiger partial charge in [0.15, 0.2) is 0 Å². The van der Waals surface area contributed by atoms with Gasteiger partial charge in [0, 0.05) is 10.4 Å². The van der Waals surface area contributed by atoms with Crippen molar-refractivity contribution in [1.29, 1.82) is 0 Å². The number of rotatable bonds is 5. The van der Waals surface area contributed by atoms with Crippen molar-refractivity contribution in [2.75, 3.05) is 6.54 Å². The van der Waals surface area contributed by atoms with E-state index in [1.165, 1.54) is 34.0 Å². The van der Waals surface area contributed by atoms with E-state index in [0.717, 1.165) is 10.4 Å². The lowest BCUT2D eigenvalue weighted by Crippen LogP contribution is -2.40. The molecule has 3 rings (SSSR count). The van der Waals surface area contributed by atoms with Crippen molar-refractivity contribution in [1.82, 2.24) is 5.32 Å². The van der Waals surface area contributed by atoms with E-state index in [2.05, 4.69) is 5.32 Å². The highest BCUT2D eigenvalue weighted by Gasteiger charge is 2.33. The number of amides is 1. The third-order valence-electron chi connectivity index (χ3n) is 3.23. The van der Waals surface area contributed by atoms with Gasteiger partial charge < -0.3 is 10.4 Å². The number of thiophene rings is 3. The molecule has 3 aromatic heterocycles. The molecule has 114 valence electrons. The first-order valence-corrected chi connectivity index (χ1v) is 9.44. The van der Waals surface area contributed by atoms with Gasteiger partial charge >= 0.3 is 0 Å². The summed E-state index contributed by atoms with van der Waals surface area (Å²) < 4.78 is 0.566. The Labute approximate surface area is 144 Å². The molecule has 0 saturated heterocycles. The number of carbonyl (C=O) groups is 1. The van der Waals surface area contributed by atoms with E-state index in [1.807, 2.05) is 34.3 Å². The van der Waals surface area contributed by atoms with Gasteiger partial charge in [0.2, 0.25) is 0 Å². The second kappa shape index (κ2) is 6.52. The van der Waals surface area contributed by atoms with Gasteiger partial charge in [-0.15, -0.1) is 22.7 Å². The summed E-state index contributed by atoms with van der Waals surface area (Å²) in [5.74, 6) is -0.234. The summed E-state index contributed by atoms with van der Waals surface area (Å²) in [4.78, 5) is 13.5. The summed E-state index contributed by atoms with van der Waals surface area (Å²) in [5, 5.41) is 19.6.